The zero-order valence-electron chi connectivity index (χ0n) is 15.8. The van der Waals surface area contributed by atoms with E-state index >= 15 is 0 Å². The Morgan fingerprint density at radius 2 is 1.86 bits per heavy atom. The van der Waals surface area contributed by atoms with Gasteiger partial charge in [-0.2, -0.15) is 4.98 Å². The van der Waals surface area contributed by atoms with E-state index in [1.54, 1.807) is 30.3 Å². The number of aryl methyl sites for hydroxylation is 2. The molecule has 0 bridgehead atoms. The van der Waals surface area contributed by atoms with Gasteiger partial charge in [-0.25, -0.2) is 8.42 Å². The molecule has 0 atom stereocenters. The van der Waals surface area contributed by atoms with Crippen LogP contribution in [0.15, 0.2) is 51.9 Å². The molecule has 1 fully saturated rings. The van der Waals surface area contributed by atoms with Crippen LogP contribution in [0.2, 0.25) is 0 Å². The molecular weight excluding hydrogens is 376 g/mol. The lowest BCUT2D eigenvalue weighted by atomic mass is 9.77. The predicted molar refractivity (Wildman–Crippen MR) is 106 cm³/mol. The van der Waals surface area contributed by atoms with E-state index < -0.39 is 15.6 Å². The van der Waals surface area contributed by atoms with Crippen LogP contribution in [0.4, 0.5) is 5.69 Å². The first-order valence-electron chi connectivity index (χ1n) is 9.11. The molecule has 28 heavy (non-hydrogen) atoms. The summed E-state index contributed by atoms with van der Waals surface area (Å²) in [5.74, 6) is 0.747. The van der Waals surface area contributed by atoms with Gasteiger partial charge in [-0.15, -0.1) is 0 Å². The first kappa shape index (κ1) is 18.6. The maximum atomic E-state index is 12.9. The standard InChI is InChI=1S/C20H22N4O3S/c1-13-8-9-15(28(25,26)24-17-7-4-3-6-14(17)2)12-16(13)18-22-19(23-27-18)20(21)10-5-11-20/h3-4,6-9,12,24H,5,10-11,21H2,1-2H3. The highest BCUT2D eigenvalue weighted by Gasteiger charge is 2.39. The van der Waals surface area contributed by atoms with Crippen molar-refractivity contribution in [2.45, 2.75) is 43.5 Å². The van der Waals surface area contributed by atoms with Gasteiger partial charge in [0.15, 0.2) is 5.82 Å². The quantitative estimate of drug-likeness (QED) is 0.680. The molecule has 0 spiro atoms. The maximum Gasteiger partial charge on any atom is 0.261 e. The summed E-state index contributed by atoms with van der Waals surface area (Å²) < 4.78 is 33.8. The lowest BCUT2D eigenvalue weighted by molar-refractivity contribution is 0.229. The number of nitrogens with one attached hydrogen (secondary N) is 1. The Hall–Kier alpha value is -2.71. The molecule has 1 aromatic heterocycles. The van der Waals surface area contributed by atoms with Crippen molar-refractivity contribution in [1.82, 2.24) is 10.1 Å². The molecule has 3 N–H and O–H groups in total. The van der Waals surface area contributed by atoms with E-state index in [2.05, 4.69) is 14.9 Å². The second-order valence-electron chi connectivity index (χ2n) is 7.33. The number of hydrogen-bond donors (Lipinski definition) is 2. The van der Waals surface area contributed by atoms with Crippen molar-refractivity contribution >= 4 is 15.7 Å². The SMILES string of the molecule is Cc1ccccc1NS(=O)(=O)c1ccc(C)c(-c2nc(C3(N)CCC3)no2)c1. The van der Waals surface area contributed by atoms with Crippen LogP contribution in [0.1, 0.15) is 36.2 Å². The molecule has 0 saturated heterocycles. The highest BCUT2D eigenvalue weighted by atomic mass is 32.2. The van der Waals surface area contributed by atoms with Gasteiger partial charge in [-0.1, -0.05) is 29.4 Å². The lowest BCUT2D eigenvalue weighted by Gasteiger charge is -2.34. The van der Waals surface area contributed by atoms with Crippen molar-refractivity contribution in [2.24, 2.45) is 5.73 Å². The molecule has 1 saturated carbocycles. The highest BCUT2D eigenvalue weighted by Crippen LogP contribution is 2.38. The van der Waals surface area contributed by atoms with Crippen LogP contribution in [0.5, 0.6) is 0 Å². The molecule has 2 aromatic carbocycles. The highest BCUT2D eigenvalue weighted by molar-refractivity contribution is 7.92. The fraction of sp³-hybridized carbons (Fsp3) is 0.300. The van der Waals surface area contributed by atoms with E-state index in [1.165, 1.54) is 0 Å². The van der Waals surface area contributed by atoms with Crippen LogP contribution in [-0.2, 0) is 15.6 Å². The minimum Gasteiger partial charge on any atom is -0.334 e. The number of nitrogens with zero attached hydrogens (tertiary/aromatic N) is 2. The van der Waals surface area contributed by atoms with Crippen molar-refractivity contribution in [2.75, 3.05) is 4.72 Å². The molecule has 7 nitrogen and oxygen atoms in total. The monoisotopic (exact) mass is 398 g/mol. The molecule has 0 aliphatic heterocycles. The van der Waals surface area contributed by atoms with Crippen LogP contribution in [0.3, 0.4) is 0 Å². The van der Waals surface area contributed by atoms with Gasteiger partial charge in [0.05, 0.1) is 16.1 Å². The Morgan fingerprint density at radius 1 is 1.11 bits per heavy atom. The van der Waals surface area contributed by atoms with Crippen LogP contribution in [-0.4, -0.2) is 18.6 Å². The number of rotatable bonds is 5. The summed E-state index contributed by atoms with van der Waals surface area (Å²) in [5.41, 5.74) is 8.52. The average Bonchev–Trinajstić information content (AvgIpc) is 3.12. The first-order chi connectivity index (χ1) is 13.3. The first-order valence-corrected chi connectivity index (χ1v) is 10.6. The second kappa shape index (κ2) is 6.72. The van der Waals surface area contributed by atoms with Gasteiger partial charge in [-0.3, -0.25) is 4.72 Å². The van der Waals surface area contributed by atoms with E-state index in [4.69, 9.17) is 10.3 Å². The van der Waals surface area contributed by atoms with Gasteiger partial charge in [-0.05, 0) is 62.4 Å². The number of sulfonamides is 1. The van der Waals surface area contributed by atoms with Gasteiger partial charge in [0.25, 0.3) is 15.9 Å². The zero-order valence-corrected chi connectivity index (χ0v) is 16.6. The fourth-order valence-corrected chi connectivity index (χ4v) is 4.36. The van der Waals surface area contributed by atoms with E-state index in [-0.39, 0.29) is 10.8 Å². The topological polar surface area (TPSA) is 111 Å². The summed E-state index contributed by atoms with van der Waals surface area (Å²) in [6.07, 6.45) is 2.68. The molecule has 4 rings (SSSR count). The molecule has 1 aliphatic rings. The van der Waals surface area contributed by atoms with E-state index in [0.717, 1.165) is 30.4 Å². The number of aromatic nitrogens is 2. The maximum absolute atomic E-state index is 12.9. The molecule has 0 radical (unpaired) electrons. The van der Waals surface area contributed by atoms with E-state index in [0.29, 0.717) is 17.1 Å². The molecule has 3 aromatic rings. The Bertz CT molecular complexity index is 1130. The number of anilines is 1. The molecule has 1 aliphatic carbocycles. The van der Waals surface area contributed by atoms with Gasteiger partial charge in [0, 0.05) is 5.56 Å². The van der Waals surface area contributed by atoms with E-state index in [1.807, 2.05) is 26.0 Å². The minimum atomic E-state index is -3.76. The van der Waals surface area contributed by atoms with Gasteiger partial charge in [0.2, 0.25) is 0 Å². The van der Waals surface area contributed by atoms with Crippen molar-refractivity contribution in [3.63, 3.8) is 0 Å². The number of benzene rings is 2. The predicted octanol–water partition coefficient (Wildman–Crippen LogP) is 3.49. The molecule has 0 unspecified atom stereocenters. The van der Waals surface area contributed by atoms with Crippen LogP contribution >= 0.6 is 0 Å². The van der Waals surface area contributed by atoms with E-state index in [9.17, 15) is 8.42 Å². The summed E-state index contributed by atoms with van der Waals surface area (Å²) in [6.45, 7) is 3.72. The van der Waals surface area contributed by atoms with Gasteiger partial charge >= 0.3 is 0 Å². The van der Waals surface area contributed by atoms with Crippen molar-refractivity contribution in [1.29, 1.82) is 0 Å². The molecule has 1 heterocycles. The number of para-hydroxylation sites is 1. The summed E-state index contributed by atoms with van der Waals surface area (Å²) in [5, 5.41) is 4.02. The van der Waals surface area contributed by atoms with Crippen LogP contribution < -0.4 is 10.5 Å². The third-order valence-electron chi connectivity index (χ3n) is 5.26. The summed E-state index contributed by atoms with van der Waals surface area (Å²) >= 11 is 0. The summed E-state index contributed by atoms with van der Waals surface area (Å²) in [4.78, 5) is 4.57. The Labute approximate surface area is 164 Å². The smallest absolute Gasteiger partial charge is 0.261 e. The van der Waals surface area contributed by atoms with Crippen molar-refractivity contribution < 1.29 is 12.9 Å². The summed E-state index contributed by atoms with van der Waals surface area (Å²) in [7, 11) is -3.76. The third-order valence-corrected chi connectivity index (χ3v) is 6.62. The lowest BCUT2D eigenvalue weighted by Crippen LogP contribution is -2.44. The molecule has 0 amide bonds. The van der Waals surface area contributed by atoms with Crippen molar-refractivity contribution in [3.05, 3.63) is 59.4 Å². The number of nitrogens with two attached hydrogens (primary N) is 1. The molecule has 146 valence electrons. The molecule has 8 heteroatoms. The minimum absolute atomic E-state index is 0.127. The fourth-order valence-electron chi connectivity index (χ4n) is 3.21. The van der Waals surface area contributed by atoms with Crippen LogP contribution in [0, 0.1) is 13.8 Å². The number of hydrogen-bond acceptors (Lipinski definition) is 6. The van der Waals surface area contributed by atoms with Gasteiger partial charge in [0.1, 0.15) is 0 Å². The largest absolute Gasteiger partial charge is 0.334 e. The Balaban J connectivity index is 1.68. The normalized spacial score (nSPS) is 15.8. The Morgan fingerprint density at radius 3 is 2.54 bits per heavy atom. The zero-order chi connectivity index (χ0) is 19.9. The van der Waals surface area contributed by atoms with Crippen LogP contribution in [0.25, 0.3) is 11.5 Å². The molecular formula is C20H22N4O3S. The Kier molecular flexibility index (Phi) is 4.47. The average molecular weight is 398 g/mol. The van der Waals surface area contributed by atoms with Gasteiger partial charge < -0.3 is 10.3 Å². The summed E-state index contributed by atoms with van der Waals surface area (Å²) in [6, 6.07) is 12.1. The third kappa shape index (κ3) is 3.29. The van der Waals surface area contributed by atoms with Crippen molar-refractivity contribution in [3.8, 4) is 11.5 Å². The second-order valence-corrected chi connectivity index (χ2v) is 9.01.